The fourth-order valence-corrected chi connectivity index (χ4v) is 5.13. The highest BCUT2D eigenvalue weighted by molar-refractivity contribution is 9.11. The molecular formula is C23H15Br2FN2O2S. The molecule has 0 saturated carbocycles. The molecule has 1 saturated heterocycles. The van der Waals surface area contributed by atoms with E-state index in [-0.39, 0.29) is 18.3 Å². The summed E-state index contributed by atoms with van der Waals surface area (Å²) >= 11 is 8.32. The fraction of sp³-hybridized carbons (Fsp3) is 0.0435. The molecular weight excluding hydrogens is 547 g/mol. The van der Waals surface area contributed by atoms with Crippen LogP contribution in [-0.2, 0) is 11.4 Å². The number of amidine groups is 1. The molecule has 1 fully saturated rings. The van der Waals surface area contributed by atoms with Gasteiger partial charge in [-0.15, -0.1) is 0 Å². The molecule has 1 amide bonds. The number of thioether (sulfide) groups is 1. The molecule has 0 radical (unpaired) electrons. The maximum absolute atomic E-state index is 13.4. The van der Waals surface area contributed by atoms with Gasteiger partial charge in [-0.3, -0.25) is 4.79 Å². The van der Waals surface area contributed by atoms with E-state index < -0.39 is 0 Å². The van der Waals surface area contributed by atoms with Crippen LogP contribution in [0.4, 0.5) is 10.1 Å². The lowest BCUT2D eigenvalue weighted by molar-refractivity contribution is -0.115. The van der Waals surface area contributed by atoms with E-state index in [1.807, 2.05) is 42.5 Å². The molecule has 1 aliphatic rings. The van der Waals surface area contributed by atoms with E-state index in [4.69, 9.17) is 4.74 Å². The van der Waals surface area contributed by atoms with E-state index in [2.05, 4.69) is 42.2 Å². The van der Waals surface area contributed by atoms with Crippen molar-refractivity contribution < 1.29 is 13.9 Å². The number of benzene rings is 3. The summed E-state index contributed by atoms with van der Waals surface area (Å²) in [6.45, 7) is 0.229. The van der Waals surface area contributed by atoms with Gasteiger partial charge in [-0.1, -0.05) is 30.3 Å². The summed E-state index contributed by atoms with van der Waals surface area (Å²) in [6, 6.07) is 19.4. The molecule has 0 bridgehead atoms. The summed E-state index contributed by atoms with van der Waals surface area (Å²) in [4.78, 5) is 17.3. The summed E-state index contributed by atoms with van der Waals surface area (Å²) in [5.41, 5.74) is 2.32. The third-order valence-corrected chi connectivity index (χ3v) is 6.32. The maximum Gasteiger partial charge on any atom is 0.264 e. The average molecular weight is 562 g/mol. The van der Waals surface area contributed by atoms with Crippen molar-refractivity contribution in [3.05, 3.63) is 97.5 Å². The molecule has 8 heteroatoms. The van der Waals surface area contributed by atoms with Gasteiger partial charge in [0, 0.05) is 0 Å². The number of nitrogens with one attached hydrogen (secondary N) is 1. The van der Waals surface area contributed by atoms with Crippen molar-refractivity contribution in [2.24, 2.45) is 4.99 Å². The highest BCUT2D eigenvalue weighted by Crippen LogP contribution is 2.37. The minimum Gasteiger partial charge on any atom is -0.487 e. The van der Waals surface area contributed by atoms with E-state index in [1.54, 1.807) is 18.2 Å². The molecule has 156 valence electrons. The van der Waals surface area contributed by atoms with Gasteiger partial charge in [0.05, 0.1) is 19.5 Å². The Kier molecular flexibility index (Phi) is 6.89. The van der Waals surface area contributed by atoms with Crippen molar-refractivity contribution in [3.63, 3.8) is 0 Å². The highest BCUT2D eigenvalue weighted by atomic mass is 79.9. The number of para-hydroxylation sites is 1. The molecule has 1 N–H and O–H groups in total. The van der Waals surface area contributed by atoms with Crippen LogP contribution >= 0.6 is 43.6 Å². The number of hydrogen-bond donors (Lipinski definition) is 1. The minimum absolute atomic E-state index is 0.196. The number of aliphatic imine (C=N–C) groups is 1. The molecule has 1 heterocycles. The quantitative estimate of drug-likeness (QED) is 0.348. The first-order valence-electron chi connectivity index (χ1n) is 9.19. The zero-order valence-corrected chi connectivity index (χ0v) is 19.9. The lowest BCUT2D eigenvalue weighted by Crippen LogP contribution is -2.19. The Balaban J connectivity index is 1.50. The Bertz CT molecular complexity index is 1180. The van der Waals surface area contributed by atoms with Crippen LogP contribution in [0.3, 0.4) is 0 Å². The topological polar surface area (TPSA) is 50.7 Å². The Morgan fingerprint density at radius 2 is 1.77 bits per heavy atom. The van der Waals surface area contributed by atoms with Gasteiger partial charge < -0.3 is 10.1 Å². The number of rotatable bonds is 5. The largest absolute Gasteiger partial charge is 0.487 e. The Labute approximate surface area is 199 Å². The predicted octanol–water partition coefficient (Wildman–Crippen LogP) is 6.82. The summed E-state index contributed by atoms with van der Waals surface area (Å²) < 4.78 is 20.6. The molecule has 4 nitrogen and oxygen atoms in total. The Hall–Kier alpha value is -2.42. The molecule has 0 atom stereocenters. The van der Waals surface area contributed by atoms with Gasteiger partial charge >= 0.3 is 0 Å². The van der Waals surface area contributed by atoms with Crippen molar-refractivity contribution in [1.82, 2.24) is 5.32 Å². The highest BCUT2D eigenvalue weighted by Gasteiger charge is 2.24. The second-order valence-corrected chi connectivity index (χ2v) is 9.29. The van der Waals surface area contributed by atoms with E-state index >= 15 is 0 Å². The van der Waals surface area contributed by atoms with Gasteiger partial charge in [-0.05, 0) is 97.2 Å². The summed E-state index contributed by atoms with van der Waals surface area (Å²) in [5, 5.41) is 3.32. The molecule has 31 heavy (non-hydrogen) atoms. The first kappa shape index (κ1) is 21.8. The van der Waals surface area contributed by atoms with E-state index in [0.29, 0.717) is 24.8 Å². The first-order chi connectivity index (χ1) is 15.0. The molecule has 4 rings (SSSR count). The molecule has 0 spiro atoms. The molecule has 3 aromatic rings. The van der Waals surface area contributed by atoms with Crippen LogP contribution in [0, 0.1) is 5.82 Å². The number of ether oxygens (including phenoxy) is 1. The van der Waals surface area contributed by atoms with Crippen molar-refractivity contribution in [1.29, 1.82) is 0 Å². The van der Waals surface area contributed by atoms with Gasteiger partial charge in [0.2, 0.25) is 0 Å². The monoisotopic (exact) mass is 560 g/mol. The van der Waals surface area contributed by atoms with Crippen LogP contribution in [0.1, 0.15) is 11.1 Å². The Morgan fingerprint density at radius 3 is 2.48 bits per heavy atom. The van der Waals surface area contributed by atoms with E-state index in [1.165, 1.54) is 23.9 Å². The van der Waals surface area contributed by atoms with Crippen molar-refractivity contribution in [2.75, 3.05) is 0 Å². The van der Waals surface area contributed by atoms with Crippen LogP contribution in [-0.4, -0.2) is 11.1 Å². The zero-order chi connectivity index (χ0) is 21.8. The van der Waals surface area contributed by atoms with Gasteiger partial charge in [-0.2, -0.15) is 0 Å². The van der Waals surface area contributed by atoms with Crippen LogP contribution < -0.4 is 10.1 Å². The van der Waals surface area contributed by atoms with Crippen LogP contribution in [0.25, 0.3) is 6.08 Å². The second kappa shape index (κ2) is 9.80. The fourth-order valence-electron chi connectivity index (χ4n) is 2.83. The third-order valence-electron chi connectivity index (χ3n) is 4.23. The zero-order valence-electron chi connectivity index (χ0n) is 15.9. The average Bonchev–Trinajstić information content (AvgIpc) is 3.06. The van der Waals surface area contributed by atoms with Crippen molar-refractivity contribution in [3.8, 4) is 5.75 Å². The number of carbonyl (C=O) groups excluding carboxylic acids is 1. The molecule has 0 unspecified atom stereocenters. The second-order valence-electron chi connectivity index (χ2n) is 6.55. The lowest BCUT2D eigenvalue weighted by atomic mass is 10.2. The molecule has 0 aromatic heterocycles. The molecule has 0 aliphatic carbocycles. The minimum atomic E-state index is -0.302. The first-order valence-corrected chi connectivity index (χ1v) is 11.6. The maximum atomic E-state index is 13.4. The third kappa shape index (κ3) is 5.64. The van der Waals surface area contributed by atoms with E-state index in [0.717, 1.165) is 16.8 Å². The van der Waals surface area contributed by atoms with Crippen LogP contribution in [0.15, 0.2) is 85.6 Å². The summed E-state index contributed by atoms with van der Waals surface area (Å²) in [6.07, 6.45) is 1.79. The normalized spacial score (nSPS) is 16.0. The number of halogens is 3. The molecule has 1 aliphatic heterocycles. The van der Waals surface area contributed by atoms with Gasteiger partial charge in [0.15, 0.2) is 5.17 Å². The van der Waals surface area contributed by atoms with Crippen LogP contribution in [0.5, 0.6) is 5.75 Å². The van der Waals surface area contributed by atoms with Crippen molar-refractivity contribution in [2.45, 2.75) is 6.61 Å². The Morgan fingerprint density at radius 1 is 1.03 bits per heavy atom. The SMILES string of the molecule is O=C1NC(=Nc2ccccc2)S/C1=C\c1cc(Br)c(OCc2cccc(F)c2)c(Br)c1. The number of nitrogens with zero attached hydrogens (tertiary/aromatic N) is 1. The van der Waals surface area contributed by atoms with Gasteiger partial charge in [-0.25, -0.2) is 9.38 Å². The molecule has 3 aromatic carbocycles. The smallest absolute Gasteiger partial charge is 0.264 e. The van der Waals surface area contributed by atoms with E-state index in [9.17, 15) is 9.18 Å². The van der Waals surface area contributed by atoms with Gasteiger partial charge in [0.1, 0.15) is 18.2 Å². The lowest BCUT2D eigenvalue weighted by Gasteiger charge is -2.11. The predicted molar refractivity (Wildman–Crippen MR) is 130 cm³/mol. The summed E-state index contributed by atoms with van der Waals surface area (Å²) in [7, 11) is 0. The standard InChI is InChI=1S/C23H15Br2FN2O2S/c24-18-10-15(11-19(25)21(18)30-13-14-5-4-6-16(26)9-14)12-20-22(29)28-23(31-20)27-17-7-2-1-3-8-17/h1-12H,13H2,(H,27,28,29)/b20-12-. The number of carbonyl (C=O) groups is 1. The van der Waals surface area contributed by atoms with Crippen molar-refractivity contribution >= 4 is 66.5 Å². The van der Waals surface area contributed by atoms with Crippen LogP contribution in [0.2, 0.25) is 0 Å². The summed E-state index contributed by atoms with van der Waals surface area (Å²) in [5.74, 6) is 0.100. The van der Waals surface area contributed by atoms with Gasteiger partial charge in [0.25, 0.3) is 5.91 Å². The number of amides is 1. The number of hydrogen-bond acceptors (Lipinski definition) is 4.